The lowest BCUT2D eigenvalue weighted by atomic mass is 9.94. The molecule has 2 nitrogen and oxygen atoms in total. The standard InChI is InChI=1S/C15H22FNOS/c1-18-12-8-7-11(13(16)9-12)10-17-14-5-3-4-6-15(14)19-2/h7-9,14-15,17H,3-6,10H2,1-2H3. The highest BCUT2D eigenvalue weighted by molar-refractivity contribution is 7.99. The van der Waals surface area contributed by atoms with Gasteiger partial charge in [0.05, 0.1) is 7.11 Å². The molecule has 0 bridgehead atoms. The van der Waals surface area contributed by atoms with Crippen molar-refractivity contribution in [2.75, 3.05) is 13.4 Å². The summed E-state index contributed by atoms with van der Waals surface area (Å²) in [6, 6.07) is 5.57. The fourth-order valence-corrected chi connectivity index (χ4v) is 3.62. The summed E-state index contributed by atoms with van der Waals surface area (Å²) in [6.07, 6.45) is 7.23. The summed E-state index contributed by atoms with van der Waals surface area (Å²) in [6.45, 7) is 0.595. The minimum absolute atomic E-state index is 0.191. The van der Waals surface area contributed by atoms with Crippen molar-refractivity contribution < 1.29 is 9.13 Å². The third-order valence-electron chi connectivity index (χ3n) is 3.82. The van der Waals surface area contributed by atoms with E-state index in [2.05, 4.69) is 11.6 Å². The lowest BCUT2D eigenvalue weighted by molar-refractivity contribution is 0.379. The molecule has 1 aromatic rings. The number of halogens is 1. The summed E-state index contributed by atoms with van der Waals surface area (Å²) in [5.41, 5.74) is 0.714. The Morgan fingerprint density at radius 2 is 2.16 bits per heavy atom. The molecule has 1 N–H and O–H groups in total. The van der Waals surface area contributed by atoms with E-state index in [1.54, 1.807) is 13.2 Å². The van der Waals surface area contributed by atoms with E-state index in [0.717, 1.165) is 0 Å². The van der Waals surface area contributed by atoms with E-state index in [1.807, 2.05) is 17.8 Å². The first kappa shape index (κ1) is 14.7. The number of methoxy groups -OCH3 is 1. The molecule has 0 heterocycles. The van der Waals surface area contributed by atoms with Crippen LogP contribution in [-0.2, 0) is 6.54 Å². The molecule has 2 rings (SSSR count). The molecular weight excluding hydrogens is 261 g/mol. The highest BCUT2D eigenvalue weighted by atomic mass is 32.2. The molecule has 0 aliphatic heterocycles. The van der Waals surface area contributed by atoms with Gasteiger partial charge in [-0.3, -0.25) is 0 Å². The predicted octanol–water partition coefficient (Wildman–Crippen LogP) is 3.60. The summed E-state index contributed by atoms with van der Waals surface area (Å²) in [4.78, 5) is 0. The van der Waals surface area contributed by atoms with Crippen molar-refractivity contribution in [2.45, 2.75) is 43.5 Å². The molecule has 19 heavy (non-hydrogen) atoms. The van der Waals surface area contributed by atoms with Gasteiger partial charge in [0.2, 0.25) is 0 Å². The Morgan fingerprint density at radius 3 is 2.84 bits per heavy atom. The van der Waals surface area contributed by atoms with Crippen LogP contribution in [0.5, 0.6) is 5.75 Å². The Morgan fingerprint density at radius 1 is 1.37 bits per heavy atom. The largest absolute Gasteiger partial charge is 0.497 e. The maximum Gasteiger partial charge on any atom is 0.131 e. The molecular formula is C15H22FNOS. The predicted molar refractivity (Wildman–Crippen MR) is 79.4 cm³/mol. The maximum absolute atomic E-state index is 13.8. The van der Waals surface area contributed by atoms with Crippen molar-refractivity contribution in [2.24, 2.45) is 0 Å². The molecule has 0 saturated heterocycles. The molecule has 1 aromatic carbocycles. The SMILES string of the molecule is COc1ccc(CNC2CCCCC2SC)c(F)c1. The second-order valence-electron chi connectivity index (χ2n) is 5.00. The Bertz CT molecular complexity index is 413. The monoisotopic (exact) mass is 283 g/mol. The van der Waals surface area contributed by atoms with Gasteiger partial charge in [-0.2, -0.15) is 11.8 Å². The molecule has 1 aliphatic rings. The molecule has 0 amide bonds. The highest BCUT2D eigenvalue weighted by Crippen LogP contribution is 2.27. The van der Waals surface area contributed by atoms with Crippen molar-refractivity contribution in [1.29, 1.82) is 0 Å². The normalized spacial score (nSPS) is 23.3. The van der Waals surface area contributed by atoms with Gasteiger partial charge in [-0.25, -0.2) is 4.39 Å². The summed E-state index contributed by atoms with van der Waals surface area (Å²) >= 11 is 1.92. The van der Waals surface area contributed by atoms with E-state index >= 15 is 0 Å². The molecule has 106 valence electrons. The second-order valence-corrected chi connectivity index (χ2v) is 6.08. The molecule has 4 heteroatoms. The molecule has 0 radical (unpaired) electrons. The van der Waals surface area contributed by atoms with Crippen LogP contribution in [-0.4, -0.2) is 24.7 Å². The molecule has 2 atom stereocenters. The Balaban J connectivity index is 1.94. The van der Waals surface area contributed by atoms with E-state index in [1.165, 1.54) is 31.7 Å². The molecule has 1 saturated carbocycles. The average molecular weight is 283 g/mol. The van der Waals surface area contributed by atoms with Gasteiger partial charge in [0.15, 0.2) is 0 Å². The van der Waals surface area contributed by atoms with Gasteiger partial charge in [0, 0.05) is 29.5 Å². The van der Waals surface area contributed by atoms with Gasteiger partial charge in [-0.1, -0.05) is 18.9 Å². The van der Waals surface area contributed by atoms with Gasteiger partial charge in [0.25, 0.3) is 0 Å². The fraction of sp³-hybridized carbons (Fsp3) is 0.600. The van der Waals surface area contributed by atoms with Crippen molar-refractivity contribution in [3.63, 3.8) is 0 Å². The Labute approximate surface area is 119 Å². The first-order chi connectivity index (χ1) is 9.24. The zero-order chi connectivity index (χ0) is 13.7. The number of ether oxygens (including phenoxy) is 1. The summed E-state index contributed by atoms with van der Waals surface area (Å²) in [5.74, 6) is 0.379. The Kier molecular flexibility index (Phi) is 5.52. The van der Waals surface area contributed by atoms with E-state index in [4.69, 9.17) is 4.74 Å². The van der Waals surface area contributed by atoms with Crippen LogP contribution >= 0.6 is 11.8 Å². The van der Waals surface area contributed by atoms with Gasteiger partial charge < -0.3 is 10.1 Å². The van der Waals surface area contributed by atoms with E-state index < -0.39 is 0 Å². The number of benzene rings is 1. The van der Waals surface area contributed by atoms with Crippen molar-refractivity contribution in [3.8, 4) is 5.75 Å². The summed E-state index contributed by atoms with van der Waals surface area (Å²) in [7, 11) is 1.55. The van der Waals surface area contributed by atoms with E-state index in [-0.39, 0.29) is 5.82 Å². The maximum atomic E-state index is 13.8. The van der Waals surface area contributed by atoms with Gasteiger partial charge in [-0.15, -0.1) is 0 Å². The van der Waals surface area contributed by atoms with Gasteiger partial charge in [0.1, 0.15) is 11.6 Å². The number of thioether (sulfide) groups is 1. The van der Waals surface area contributed by atoms with Gasteiger partial charge in [-0.05, 0) is 25.2 Å². The van der Waals surface area contributed by atoms with Gasteiger partial charge >= 0.3 is 0 Å². The molecule has 0 aromatic heterocycles. The molecule has 1 fully saturated rings. The first-order valence-electron chi connectivity index (χ1n) is 6.83. The van der Waals surface area contributed by atoms with E-state index in [9.17, 15) is 4.39 Å². The van der Waals surface area contributed by atoms with Crippen LogP contribution in [0.25, 0.3) is 0 Å². The van der Waals surface area contributed by atoms with E-state index in [0.29, 0.717) is 29.1 Å². The third kappa shape index (κ3) is 3.86. The van der Waals surface area contributed by atoms with Crippen LogP contribution in [0.1, 0.15) is 31.2 Å². The van der Waals surface area contributed by atoms with Crippen molar-refractivity contribution in [3.05, 3.63) is 29.6 Å². The molecule has 2 unspecified atom stereocenters. The average Bonchev–Trinajstić information content (AvgIpc) is 2.46. The molecule has 1 aliphatic carbocycles. The number of hydrogen-bond acceptors (Lipinski definition) is 3. The number of nitrogens with one attached hydrogen (secondary N) is 1. The van der Waals surface area contributed by atoms with Crippen LogP contribution in [0.2, 0.25) is 0 Å². The lowest BCUT2D eigenvalue weighted by Gasteiger charge is -2.31. The van der Waals surface area contributed by atoms with Crippen LogP contribution in [0, 0.1) is 5.82 Å². The third-order valence-corrected chi connectivity index (χ3v) is 4.99. The van der Waals surface area contributed by atoms with Crippen LogP contribution in [0.4, 0.5) is 4.39 Å². The molecule has 0 spiro atoms. The minimum Gasteiger partial charge on any atom is -0.497 e. The van der Waals surface area contributed by atoms with Crippen LogP contribution in [0.15, 0.2) is 18.2 Å². The first-order valence-corrected chi connectivity index (χ1v) is 8.12. The fourth-order valence-electron chi connectivity index (χ4n) is 2.65. The lowest BCUT2D eigenvalue weighted by Crippen LogP contribution is -2.40. The zero-order valence-electron chi connectivity index (χ0n) is 11.6. The summed E-state index contributed by atoms with van der Waals surface area (Å²) in [5, 5.41) is 4.18. The summed E-state index contributed by atoms with van der Waals surface area (Å²) < 4.78 is 18.9. The van der Waals surface area contributed by atoms with Crippen LogP contribution in [0.3, 0.4) is 0 Å². The van der Waals surface area contributed by atoms with Crippen molar-refractivity contribution in [1.82, 2.24) is 5.32 Å². The quantitative estimate of drug-likeness (QED) is 0.892. The number of hydrogen-bond donors (Lipinski definition) is 1. The topological polar surface area (TPSA) is 21.3 Å². The minimum atomic E-state index is -0.191. The smallest absolute Gasteiger partial charge is 0.131 e. The van der Waals surface area contributed by atoms with Crippen molar-refractivity contribution >= 4 is 11.8 Å². The second kappa shape index (κ2) is 7.15. The zero-order valence-corrected chi connectivity index (χ0v) is 12.4. The highest BCUT2D eigenvalue weighted by Gasteiger charge is 2.23. The Hall–Kier alpha value is -0.740. The number of rotatable bonds is 5. The van der Waals surface area contributed by atoms with Crippen LogP contribution < -0.4 is 10.1 Å².